The van der Waals surface area contributed by atoms with E-state index in [1.54, 1.807) is 5.38 Å². The molecule has 1 heterocycles. The summed E-state index contributed by atoms with van der Waals surface area (Å²) in [4.78, 5) is 15.3. The lowest BCUT2D eigenvalue weighted by Gasteiger charge is -2.01. The lowest BCUT2D eigenvalue weighted by atomic mass is 10.3. The SMILES string of the molecule is COC(=O)c1csc(Nc2ccc(Br)cc2)n1. The van der Waals surface area contributed by atoms with Gasteiger partial charge in [-0.2, -0.15) is 0 Å². The summed E-state index contributed by atoms with van der Waals surface area (Å²) in [6, 6.07) is 7.70. The maximum Gasteiger partial charge on any atom is 0.357 e. The second-order valence-electron chi connectivity index (χ2n) is 3.16. The van der Waals surface area contributed by atoms with E-state index in [0.717, 1.165) is 10.2 Å². The van der Waals surface area contributed by atoms with Gasteiger partial charge in [0.2, 0.25) is 0 Å². The maximum atomic E-state index is 11.2. The second kappa shape index (κ2) is 5.29. The molecule has 1 aromatic heterocycles. The molecule has 0 unspecified atom stereocenters. The molecule has 0 saturated carbocycles. The summed E-state index contributed by atoms with van der Waals surface area (Å²) in [6.07, 6.45) is 0. The van der Waals surface area contributed by atoms with Gasteiger partial charge in [-0.05, 0) is 24.3 Å². The predicted molar refractivity (Wildman–Crippen MR) is 70.9 cm³/mol. The van der Waals surface area contributed by atoms with Gasteiger partial charge in [0.25, 0.3) is 0 Å². The number of carbonyl (C=O) groups is 1. The molecule has 2 aromatic rings. The Morgan fingerprint density at radius 2 is 2.12 bits per heavy atom. The van der Waals surface area contributed by atoms with Crippen molar-refractivity contribution in [2.45, 2.75) is 0 Å². The monoisotopic (exact) mass is 312 g/mol. The average molecular weight is 313 g/mol. The summed E-state index contributed by atoms with van der Waals surface area (Å²) in [5, 5.41) is 5.43. The Hall–Kier alpha value is -1.40. The molecular weight excluding hydrogens is 304 g/mol. The van der Waals surface area contributed by atoms with E-state index in [0.29, 0.717) is 10.8 Å². The van der Waals surface area contributed by atoms with Crippen LogP contribution in [0.25, 0.3) is 0 Å². The first-order chi connectivity index (χ1) is 8.19. The van der Waals surface area contributed by atoms with Crippen LogP contribution in [-0.4, -0.2) is 18.1 Å². The third-order valence-electron chi connectivity index (χ3n) is 1.99. The number of nitrogens with zero attached hydrogens (tertiary/aromatic N) is 1. The summed E-state index contributed by atoms with van der Waals surface area (Å²) in [7, 11) is 1.34. The highest BCUT2D eigenvalue weighted by atomic mass is 79.9. The van der Waals surface area contributed by atoms with Crippen LogP contribution in [0.5, 0.6) is 0 Å². The largest absolute Gasteiger partial charge is 0.464 e. The Bertz CT molecular complexity index is 525. The van der Waals surface area contributed by atoms with Crippen LogP contribution < -0.4 is 5.32 Å². The van der Waals surface area contributed by atoms with Gasteiger partial charge in [-0.3, -0.25) is 0 Å². The molecule has 6 heteroatoms. The number of benzene rings is 1. The third kappa shape index (κ3) is 3.04. The highest BCUT2D eigenvalue weighted by Gasteiger charge is 2.10. The molecule has 88 valence electrons. The lowest BCUT2D eigenvalue weighted by Crippen LogP contribution is -2.01. The zero-order valence-electron chi connectivity index (χ0n) is 8.94. The van der Waals surface area contributed by atoms with E-state index in [2.05, 4.69) is 31.0 Å². The van der Waals surface area contributed by atoms with Crippen LogP contribution in [0.4, 0.5) is 10.8 Å². The quantitative estimate of drug-likeness (QED) is 0.882. The van der Waals surface area contributed by atoms with Crippen LogP contribution >= 0.6 is 27.3 Å². The molecular formula is C11H9BrN2O2S. The van der Waals surface area contributed by atoms with Crippen molar-refractivity contribution in [1.29, 1.82) is 0 Å². The Morgan fingerprint density at radius 1 is 1.41 bits per heavy atom. The van der Waals surface area contributed by atoms with Gasteiger partial charge in [-0.15, -0.1) is 11.3 Å². The summed E-state index contributed by atoms with van der Waals surface area (Å²) in [5.41, 5.74) is 1.23. The summed E-state index contributed by atoms with van der Waals surface area (Å²) >= 11 is 4.72. The van der Waals surface area contributed by atoms with Crippen molar-refractivity contribution in [2.75, 3.05) is 12.4 Å². The predicted octanol–water partition coefficient (Wildman–Crippen LogP) is 3.44. The number of hydrogen-bond donors (Lipinski definition) is 1. The van der Waals surface area contributed by atoms with Crippen molar-refractivity contribution in [2.24, 2.45) is 0 Å². The minimum absolute atomic E-state index is 0.317. The Morgan fingerprint density at radius 3 is 2.76 bits per heavy atom. The van der Waals surface area contributed by atoms with Crippen molar-refractivity contribution in [1.82, 2.24) is 4.98 Å². The molecule has 2 rings (SSSR count). The Balaban J connectivity index is 2.11. The minimum Gasteiger partial charge on any atom is -0.464 e. The molecule has 17 heavy (non-hydrogen) atoms. The van der Waals surface area contributed by atoms with Gasteiger partial charge in [0, 0.05) is 15.5 Å². The molecule has 0 spiro atoms. The van der Waals surface area contributed by atoms with E-state index >= 15 is 0 Å². The van der Waals surface area contributed by atoms with E-state index in [1.165, 1.54) is 18.4 Å². The fourth-order valence-corrected chi connectivity index (χ4v) is 2.15. The number of halogens is 1. The van der Waals surface area contributed by atoms with E-state index < -0.39 is 5.97 Å². The van der Waals surface area contributed by atoms with Crippen LogP contribution in [0.15, 0.2) is 34.1 Å². The van der Waals surface area contributed by atoms with Gasteiger partial charge in [-0.1, -0.05) is 15.9 Å². The number of esters is 1. The van der Waals surface area contributed by atoms with E-state index in [1.807, 2.05) is 24.3 Å². The van der Waals surface area contributed by atoms with E-state index in [4.69, 9.17) is 0 Å². The number of thiazole rings is 1. The first-order valence-corrected chi connectivity index (χ1v) is 6.43. The molecule has 0 atom stereocenters. The Kier molecular flexibility index (Phi) is 3.75. The fourth-order valence-electron chi connectivity index (χ4n) is 1.19. The van der Waals surface area contributed by atoms with Crippen LogP contribution in [0.3, 0.4) is 0 Å². The van der Waals surface area contributed by atoms with E-state index in [-0.39, 0.29) is 0 Å². The molecule has 0 fully saturated rings. The normalized spacial score (nSPS) is 10.0. The molecule has 0 aliphatic heterocycles. The molecule has 0 aliphatic rings. The maximum absolute atomic E-state index is 11.2. The van der Waals surface area contributed by atoms with Crippen molar-refractivity contribution in [3.63, 3.8) is 0 Å². The van der Waals surface area contributed by atoms with Crippen molar-refractivity contribution in [3.8, 4) is 0 Å². The number of methoxy groups -OCH3 is 1. The highest BCUT2D eigenvalue weighted by Crippen LogP contribution is 2.22. The van der Waals surface area contributed by atoms with Crippen LogP contribution in [0.2, 0.25) is 0 Å². The van der Waals surface area contributed by atoms with Crippen molar-refractivity contribution < 1.29 is 9.53 Å². The summed E-state index contributed by atoms with van der Waals surface area (Å²) in [5.74, 6) is -0.426. The summed E-state index contributed by atoms with van der Waals surface area (Å²) < 4.78 is 5.60. The molecule has 0 radical (unpaired) electrons. The number of anilines is 2. The van der Waals surface area contributed by atoms with Crippen molar-refractivity contribution in [3.05, 3.63) is 39.8 Å². The minimum atomic E-state index is -0.426. The van der Waals surface area contributed by atoms with Gasteiger partial charge in [0.1, 0.15) is 0 Å². The molecule has 0 amide bonds. The standard InChI is InChI=1S/C11H9BrN2O2S/c1-16-10(15)9-6-17-11(14-9)13-8-4-2-7(12)3-5-8/h2-6H,1H3,(H,13,14). The first-order valence-electron chi connectivity index (χ1n) is 4.75. The van der Waals surface area contributed by atoms with Crippen LogP contribution in [0.1, 0.15) is 10.5 Å². The highest BCUT2D eigenvalue weighted by molar-refractivity contribution is 9.10. The molecule has 0 bridgehead atoms. The average Bonchev–Trinajstić information content (AvgIpc) is 2.80. The van der Waals surface area contributed by atoms with Crippen molar-refractivity contribution >= 4 is 44.1 Å². The molecule has 1 N–H and O–H groups in total. The smallest absolute Gasteiger partial charge is 0.357 e. The topological polar surface area (TPSA) is 51.2 Å². The number of aromatic nitrogens is 1. The van der Waals surface area contributed by atoms with E-state index in [9.17, 15) is 4.79 Å². The van der Waals surface area contributed by atoms with Crippen LogP contribution in [-0.2, 0) is 4.74 Å². The van der Waals surface area contributed by atoms with Gasteiger partial charge in [-0.25, -0.2) is 9.78 Å². The zero-order valence-corrected chi connectivity index (χ0v) is 11.3. The number of rotatable bonds is 3. The zero-order chi connectivity index (χ0) is 12.3. The Labute approximate surface area is 111 Å². The molecule has 0 aliphatic carbocycles. The number of ether oxygens (including phenoxy) is 1. The number of nitrogens with one attached hydrogen (secondary N) is 1. The second-order valence-corrected chi connectivity index (χ2v) is 4.94. The summed E-state index contributed by atoms with van der Waals surface area (Å²) in [6.45, 7) is 0. The van der Waals surface area contributed by atoms with Gasteiger partial charge in [0.05, 0.1) is 7.11 Å². The first kappa shape index (κ1) is 12.1. The number of hydrogen-bond acceptors (Lipinski definition) is 5. The third-order valence-corrected chi connectivity index (χ3v) is 3.28. The van der Waals surface area contributed by atoms with Gasteiger partial charge >= 0.3 is 5.97 Å². The van der Waals surface area contributed by atoms with Crippen LogP contribution in [0, 0.1) is 0 Å². The molecule has 1 aromatic carbocycles. The van der Waals surface area contributed by atoms with Gasteiger partial charge < -0.3 is 10.1 Å². The van der Waals surface area contributed by atoms with Gasteiger partial charge in [0.15, 0.2) is 10.8 Å². The fraction of sp³-hybridized carbons (Fsp3) is 0.0909. The number of carbonyl (C=O) groups excluding carboxylic acids is 1. The molecule has 4 nitrogen and oxygen atoms in total. The lowest BCUT2D eigenvalue weighted by molar-refractivity contribution is 0.0595. The molecule has 0 saturated heterocycles.